The summed E-state index contributed by atoms with van der Waals surface area (Å²) >= 11 is 0. The third-order valence-electron chi connectivity index (χ3n) is 5.78. The third-order valence-corrected chi connectivity index (χ3v) is 5.78. The summed E-state index contributed by atoms with van der Waals surface area (Å²) in [6, 6.07) is 22.1. The summed E-state index contributed by atoms with van der Waals surface area (Å²) in [6.07, 6.45) is 1.25. The highest BCUT2D eigenvalue weighted by atomic mass is 16.5. The summed E-state index contributed by atoms with van der Waals surface area (Å²) in [5.74, 6) is 3.67. The van der Waals surface area contributed by atoms with Gasteiger partial charge in [0.2, 0.25) is 0 Å². The molecule has 2 heterocycles. The van der Waals surface area contributed by atoms with Gasteiger partial charge < -0.3 is 14.2 Å². The van der Waals surface area contributed by atoms with E-state index >= 15 is 0 Å². The fraction of sp³-hybridized carbons (Fsp3) is 0.192. The van der Waals surface area contributed by atoms with E-state index in [0.717, 1.165) is 45.4 Å². The Morgan fingerprint density at radius 3 is 2.36 bits per heavy atom. The molecular weight excluding hydrogens is 416 g/mol. The van der Waals surface area contributed by atoms with Crippen molar-refractivity contribution in [2.24, 2.45) is 5.10 Å². The molecule has 0 fully saturated rings. The molecule has 7 nitrogen and oxygen atoms in total. The van der Waals surface area contributed by atoms with Crippen molar-refractivity contribution in [2.45, 2.75) is 12.8 Å². The molecule has 1 aromatic heterocycles. The number of ether oxygens (including phenoxy) is 3. The van der Waals surface area contributed by atoms with Crippen molar-refractivity contribution in [3.63, 3.8) is 0 Å². The van der Waals surface area contributed by atoms with E-state index < -0.39 is 0 Å². The molecule has 0 bridgehead atoms. The zero-order chi connectivity index (χ0) is 22.8. The van der Waals surface area contributed by atoms with Gasteiger partial charge in [-0.15, -0.1) is 10.2 Å². The number of rotatable bonds is 6. The molecular formula is C26H24N4O3. The summed E-state index contributed by atoms with van der Waals surface area (Å²) < 4.78 is 18.0. The zero-order valence-corrected chi connectivity index (χ0v) is 18.8. The normalized spacial score (nSPS) is 12.3. The molecule has 7 heteroatoms. The first-order chi connectivity index (χ1) is 16.2. The van der Waals surface area contributed by atoms with Crippen molar-refractivity contribution in [2.75, 3.05) is 21.3 Å². The van der Waals surface area contributed by atoms with Gasteiger partial charge in [-0.1, -0.05) is 30.3 Å². The Hall–Kier alpha value is -4.13. The Kier molecular flexibility index (Phi) is 5.52. The van der Waals surface area contributed by atoms with E-state index in [2.05, 4.69) is 22.3 Å². The lowest BCUT2D eigenvalue weighted by molar-refractivity contribution is 0.354. The van der Waals surface area contributed by atoms with Crippen LogP contribution in [0.5, 0.6) is 17.2 Å². The van der Waals surface area contributed by atoms with Crippen LogP contribution in [0.4, 0.5) is 0 Å². The molecule has 4 aromatic rings. The Morgan fingerprint density at radius 2 is 1.61 bits per heavy atom. The van der Waals surface area contributed by atoms with Gasteiger partial charge in [0.05, 0.1) is 27.0 Å². The number of fused-ring (bicyclic) bond motifs is 3. The van der Waals surface area contributed by atoms with Crippen LogP contribution < -0.4 is 14.2 Å². The molecule has 0 saturated carbocycles. The predicted molar refractivity (Wildman–Crippen MR) is 126 cm³/mol. The average Bonchev–Trinajstić information content (AvgIpc) is 3.16. The first-order valence-corrected chi connectivity index (χ1v) is 10.7. The van der Waals surface area contributed by atoms with Gasteiger partial charge in [-0.25, -0.2) is 0 Å². The quantitative estimate of drug-likeness (QED) is 0.445. The number of nitrogens with zero attached hydrogens (tertiary/aromatic N) is 4. The summed E-state index contributed by atoms with van der Waals surface area (Å²) in [4.78, 5) is 0. The van der Waals surface area contributed by atoms with E-state index in [9.17, 15) is 0 Å². The second kappa shape index (κ2) is 8.78. The van der Waals surface area contributed by atoms with Crippen LogP contribution >= 0.6 is 0 Å². The first kappa shape index (κ1) is 20.8. The molecule has 166 valence electrons. The molecule has 0 radical (unpaired) electrons. The van der Waals surface area contributed by atoms with Gasteiger partial charge in [0.1, 0.15) is 5.75 Å². The van der Waals surface area contributed by atoms with Crippen molar-refractivity contribution in [1.29, 1.82) is 0 Å². The number of hydrogen-bond acceptors (Lipinski definition) is 6. The largest absolute Gasteiger partial charge is 0.497 e. The third kappa shape index (κ3) is 3.93. The van der Waals surface area contributed by atoms with Gasteiger partial charge in [-0.3, -0.25) is 0 Å². The van der Waals surface area contributed by atoms with Gasteiger partial charge in [0.15, 0.2) is 23.1 Å². The van der Waals surface area contributed by atoms with Crippen LogP contribution in [0, 0.1) is 0 Å². The van der Waals surface area contributed by atoms with E-state index in [4.69, 9.17) is 19.3 Å². The molecule has 0 amide bonds. The second-order valence-electron chi connectivity index (χ2n) is 7.73. The average molecular weight is 441 g/mol. The van der Waals surface area contributed by atoms with Gasteiger partial charge >= 0.3 is 0 Å². The highest BCUT2D eigenvalue weighted by Gasteiger charge is 2.22. The molecule has 1 aliphatic rings. The molecule has 0 spiro atoms. The Labute approximate surface area is 192 Å². The van der Waals surface area contributed by atoms with E-state index in [1.165, 1.54) is 0 Å². The summed E-state index contributed by atoms with van der Waals surface area (Å²) in [7, 11) is 4.92. The van der Waals surface area contributed by atoms with Gasteiger partial charge in [0.25, 0.3) is 0 Å². The lowest BCUT2D eigenvalue weighted by Gasteiger charge is -2.10. The van der Waals surface area contributed by atoms with E-state index in [0.29, 0.717) is 24.3 Å². The molecule has 0 saturated heterocycles. The van der Waals surface area contributed by atoms with Crippen LogP contribution in [-0.4, -0.2) is 41.9 Å². The maximum atomic E-state index is 5.46. The minimum atomic E-state index is 0.551. The molecule has 0 aliphatic carbocycles. The number of hydrogen-bond donors (Lipinski definition) is 0. The van der Waals surface area contributed by atoms with Crippen LogP contribution in [0.15, 0.2) is 71.8 Å². The molecule has 33 heavy (non-hydrogen) atoms. The van der Waals surface area contributed by atoms with Crippen LogP contribution in [-0.2, 0) is 12.8 Å². The van der Waals surface area contributed by atoms with Gasteiger partial charge in [-0.05, 0) is 53.1 Å². The second-order valence-corrected chi connectivity index (χ2v) is 7.73. The Bertz CT molecular complexity index is 1330. The van der Waals surface area contributed by atoms with E-state index in [-0.39, 0.29) is 0 Å². The fourth-order valence-corrected chi connectivity index (χ4v) is 4.04. The predicted octanol–water partition coefficient (Wildman–Crippen LogP) is 4.37. The molecule has 3 aromatic carbocycles. The van der Waals surface area contributed by atoms with Crippen molar-refractivity contribution in [1.82, 2.24) is 14.9 Å². The SMILES string of the molecule is COc1ccc(C2=Nn3c(Cc4ccc(OC)c(OC)c4)nnc3-c3ccccc3C2)cc1. The molecule has 0 atom stereocenters. The van der Waals surface area contributed by atoms with E-state index in [1.807, 2.05) is 59.3 Å². The van der Waals surface area contributed by atoms with Crippen molar-refractivity contribution in [3.8, 4) is 28.6 Å². The molecule has 0 unspecified atom stereocenters. The summed E-state index contributed by atoms with van der Waals surface area (Å²) in [5.41, 5.74) is 5.20. The maximum absolute atomic E-state index is 5.46. The standard InChI is InChI=1S/C26H24N4O3/c1-31-20-11-9-18(10-12-20)22-16-19-6-4-5-7-21(19)26-28-27-25(30(26)29-22)15-17-8-13-23(32-2)24(14-17)33-3/h4-14H,15-16H2,1-3H3. The Balaban J connectivity index is 1.60. The smallest absolute Gasteiger partial charge is 0.185 e. The summed E-state index contributed by atoms with van der Waals surface area (Å²) in [5, 5.41) is 14.0. The number of methoxy groups -OCH3 is 3. The monoisotopic (exact) mass is 440 g/mol. The minimum absolute atomic E-state index is 0.551. The maximum Gasteiger partial charge on any atom is 0.185 e. The van der Waals surface area contributed by atoms with Crippen LogP contribution in [0.25, 0.3) is 11.4 Å². The summed E-state index contributed by atoms with van der Waals surface area (Å²) in [6.45, 7) is 0. The Morgan fingerprint density at radius 1 is 0.818 bits per heavy atom. The zero-order valence-electron chi connectivity index (χ0n) is 18.8. The van der Waals surface area contributed by atoms with Crippen molar-refractivity contribution in [3.05, 3.63) is 89.2 Å². The number of benzene rings is 3. The minimum Gasteiger partial charge on any atom is -0.497 e. The van der Waals surface area contributed by atoms with Crippen molar-refractivity contribution >= 4 is 5.71 Å². The molecule has 5 rings (SSSR count). The first-order valence-electron chi connectivity index (χ1n) is 10.7. The molecule has 0 N–H and O–H groups in total. The topological polar surface area (TPSA) is 70.8 Å². The number of aromatic nitrogens is 3. The lowest BCUT2D eigenvalue weighted by Crippen LogP contribution is -2.08. The van der Waals surface area contributed by atoms with Crippen LogP contribution in [0.2, 0.25) is 0 Å². The highest BCUT2D eigenvalue weighted by molar-refractivity contribution is 6.03. The highest BCUT2D eigenvalue weighted by Crippen LogP contribution is 2.31. The van der Waals surface area contributed by atoms with Crippen molar-refractivity contribution < 1.29 is 14.2 Å². The van der Waals surface area contributed by atoms with Gasteiger partial charge in [-0.2, -0.15) is 9.78 Å². The van der Waals surface area contributed by atoms with Crippen LogP contribution in [0.1, 0.15) is 22.5 Å². The van der Waals surface area contributed by atoms with Crippen LogP contribution in [0.3, 0.4) is 0 Å². The van der Waals surface area contributed by atoms with E-state index in [1.54, 1.807) is 21.3 Å². The molecule has 1 aliphatic heterocycles. The van der Waals surface area contributed by atoms with Gasteiger partial charge in [0, 0.05) is 18.4 Å². The fourth-order valence-electron chi connectivity index (χ4n) is 4.04. The lowest BCUT2D eigenvalue weighted by atomic mass is 9.98.